The van der Waals surface area contributed by atoms with Gasteiger partial charge in [-0.15, -0.1) is 0 Å². The van der Waals surface area contributed by atoms with Gasteiger partial charge in [0.15, 0.2) is 6.61 Å². The van der Waals surface area contributed by atoms with Gasteiger partial charge in [0.1, 0.15) is 18.6 Å². The Morgan fingerprint density at radius 1 is 1.12 bits per heavy atom. The van der Waals surface area contributed by atoms with Crippen molar-refractivity contribution in [2.75, 3.05) is 20.2 Å². The molecular formula is C21H26F3N3O5. The van der Waals surface area contributed by atoms with Crippen LogP contribution in [0.25, 0.3) is 0 Å². The standard InChI is InChI=1S/C21H26F3N3O5/c1-13-9-15(14(2)27(13)12-21(22,23)24)16(28)11-32-17(29)10-26-18(30)20(25(3)19(26)31)7-5-4-6-8-20/h9H,4-8,10-12H2,1-3H3. The van der Waals surface area contributed by atoms with Gasteiger partial charge in [-0.05, 0) is 32.8 Å². The second kappa shape index (κ2) is 8.59. The third-order valence-electron chi connectivity index (χ3n) is 6.35. The van der Waals surface area contributed by atoms with Gasteiger partial charge in [-0.25, -0.2) is 4.79 Å². The van der Waals surface area contributed by atoms with E-state index in [0.717, 1.165) is 28.7 Å². The number of alkyl halides is 3. The molecule has 2 heterocycles. The third-order valence-corrected chi connectivity index (χ3v) is 6.35. The molecule has 0 N–H and O–H groups in total. The van der Waals surface area contributed by atoms with Gasteiger partial charge in [0.2, 0.25) is 5.78 Å². The minimum absolute atomic E-state index is 0.0220. The predicted molar refractivity (Wildman–Crippen MR) is 106 cm³/mol. The Hall–Kier alpha value is -2.85. The van der Waals surface area contributed by atoms with E-state index in [1.54, 1.807) is 0 Å². The number of hydrogen-bond donors (Lipinski definition) is 0. The predicted octanol–water partition coefficient (Wildman–Crippen LogP) is 2.99. The fraction of sp³-hybridized carbons (Fsp3) is 0.619. The lowest BCUT2D eigenvalue weighted by atomic mass is 9.81. The molecule has 8 nitrogen and oxygen atoms in total. The molecule has 0 bridgehead atoms. The second-order valence-electron chi connectivity index (χ2n) is 8.40. The average molecular weight is 457 g/mol. The van der Waals surface area contributed by atoms with Gasteiger partial charge in [-0.3, -0.25) is 19.3 Å². The number of rotatable bonds is 6. The molecule has 1 aromatic rings. The first kappa shape index (κ1) is 23.8. The fourth-order valence-electron chi connectivity index (χ4n) is 4.58. The molecule has 0 unspecified atom stereocenters. The molecule has 2 aliphatic rings. The van der Waals surface area contributed by atoms with Gasteiger partial charge in [0.25, 0.3) is 5.91 Å². The number of urea groups is 1. The average Bonchev–Trinajstić information content (AvgIpc) is 3.09. The number of ether oxygens (including phenoxy) is 1. The first-order valence-corrected chi connectivity index (χ1v) is 10.4. The molecule has 1 aliphatic carbocycles. The summed E-state index contributed by atoms with van der Waals surface area (Å²) in [7, 11) is 1.54. The van der Waals surface area contributed by atoms with Crippen LogP contribution in [0.5, 0.6) is 0 Å². The molecule has 3 rings (SSSR count). The number of aromatic nitrogens is 1. The van der Waals surface area contributed by atoms with Crippen LogP contribution < -0.4 is 0 Å². The maximum Gasteiger partial charge on any atom is 0.406 e. The van der Waals surface area contributed by atoms with Crippen molar-refractivity contribution in [3.05, 3.63) is 23.0 Å². The van der Waals surface area contributed by atoms with Crippen LogP contribution in [0.2, 0.25) is 0 Å². The van der Waals surface area contributed by atoms with Crippen molar-refractivity contribution in [1.29, 1.82) is 0 Å². The Morgan fingerprint density at radius 2 is 1.75 bits per heavy atom. The largest absolute Gasteiger partial charge is 0.456 e. The summed E-state index contributed by atoms with van der Waals surface area (Å²) in [5, 5.41) is 0. The van der Waals surface area contributed by atoms with E-state index in [2.05, 4.69) is 0 Å². The van der Waals surface area contributed by atoms with Gasteiger partial charge in [0.05, 0.1) is 0 Å². The van der Waals surface area contributed by atoms with Gasteiger partial charge in [-0.2, -0.15) is 13.2 Å². The Morgan fingerprint density at radius 3 is 2.34 bits per heavy atom. The number of esters is 1. The lowest BCUT2D eigenvalue weighted by molar-refractivity contribution is -0.147. The molecular weight excluding hydrogens is 431 g/mol. The number of carbonyl (C=O) groups is 4. The van der Waals surface area contributed by atoms with Gasteiger partial charge in [-0.1, -0.05) is 19.3 Å². The van der Waals surface area contributed by atoms with Crippen molar-refractivity contribution in [3.63, 3.8) is 0 Å². The Bertz CT molecular complexity index is 947. The summed E-state index contributed by atoms with van der Waals surface area (Å²) in [5.41, 5.74) is -0.537. The summed E-state index contributed by atoms with van der Waals surface area (Å²) in [6, 6.07) is 0.725. The van der Waals surface area contributed by atoms with Crippen LogP contribution in [0.1, 0.15) is 53.8 Å². The van der Waals surface area contributed by atoms with Gasteiger partial charge in [0, 0.05) is 24.0 Å². The third kappa shape index (κ3) is 4.37. The summed E-state index contributed by atoms with van der Waals surface area (Å²) in [4.78, 5) is 52.3. The number of Topliss-reactive ketones (excluding diaryl/α,β-unsaturated/α-hetero) is 1. The monoisotopic (exact) mass is 457 g/mol. The molecule has 1 spiro atoms. The molecule has 2 fully saturated rings. The summed E-state index contributed by atoms with van der Waals surface area (Å²) in [5.74, 6) is -2.05. The zero-order valence-electron chi connectivity index (χ0n) is 18.3. The molecule has 1 saturated heterocycles. The van der Waals surface area contributed by atoms with Crippen molar-refractivity contribution in [2.45, 2.75) is 64.2 Å². The van der Waals surface area contributed by atoms with Gasteiger partial charge >= 0.3 is 18.2 Å². The molecule has 176 valence electrons. The Kier molecular flexibility index (Phi) is 6.39. The zero-order valence-corrected chi connectivity index (χ0v) is 18.3. The molecule has 0 radical (unpaired) electrons. The minimum atomic E-state index is -4.45. The van der Waals surface area contributed by atoms with Crippen LogP contribution in [0.4, 0.5) is 18.0 Å². The van der Waals surface area contributed by atoms with E-state index in [4.69, 9.17) is 4.74 Å². The molecule has 0 aromatic carbocycles. The number of likely N-dealkylation sites (N-methyl/N-ethyl adjacent to an activating group) is 1. The van der Waals surface area contributed by atoms with Crippen molar-refractivity contribution in [1.82, 2.24) is 14.4 Å². The summed E-state index contributed by atoms with van der Waals surface area (Å²) in [6.45, 7) is 0.279. The molecule has 3 amide bonds. The molecule has 1 aromatic heterocycles. The highest BCUT2D eigenvalue weighted by molar-refractivity contribution is 6.08. The van der Waals surface area contributed by atoms with E-state index in [0.29, 0.717) is 12.8 Å². The van der Waals surface area contributed by atoms with Crippen LogP contribution in [-0.4, -0.2) is 70.0 Å². The smallest absolute Gasteiger partial charge is 0.406 e. The molecule has 11 heteroatoms. The lowest BCUT2D eigenvalue weighted by Gasteiger charge is -2.35. The zero-order chi connectivity index (χ0) is 23.8. The quantitative estimate of drug-likeness (QED) is 0.372. The SMILES string of the molecule is Cc1cc(C(=O)COC(=O)CN2C(=O)N(C)C3(CCCCC3)C2=O)c(C)n1CC(F)(F)F. The van der Waals surface area contributed by atoms with Gasteiger partial charge < -0.3 is 14.2 Å². The number of halogens is 3. The van der Waals surface area contributed by atoms with Crippen molar-refractivity contribution in [2.24, 2.45) is 0 Å². The number of hydrogen-bond acceptors (Lipinski definition) is 5. The summed E-state index contributed by atoms with van der Waals surface area (Å²) < 4.78 is 44.1. The lowest BCUT2D eigenvalue weighted by Crippen LogP contribution is -2.49. The maximum absolute atomic E-state index is 12.9. The first-order chi connectivity index (χ1) is 14.9. The number of imide groups is 1. The normalized spacial score (nSPS) is 18.6. The second-order valence-corrected chi connectivity index (χ2v) is 8.40. The van der Waals surface area contributed by atoms with E-state index in [1.165, 1.54) is 31.9 Å². The molecule has 0 atom stereocenters. The number of carbonyl (C=O) groups excluding carboxylic acids is 4. The number of amides is 3. The Labute approximate surface area is 183 Å². The first-order valence-electron chi connectivity index (χ1n) is 10.4. The van der Waals surface area contributed by atoms with E-state index >= 15 is 0 Å². The van der Waals surface area contributed by atoms with Crippen molar-refractivity contribution >= 4 is 23.7 Å². The van der Waals surface area contributed by atoms with E-state index in [1.807, 2.05) is 0 Å². The highest BCUT2D eigenvalue weighted by atomic mass is 19.4. The molecule has 32 heavy (non-hydrogen) atoms. The molecule has 1 aliphatic heterocycles. The number of aryl methyl sites for hydroxylation is 1. The molecule has 1 saturated carbocycles. The Balaban J connectivity index is 1.62. The van der Waals surface area contributed by atoms with E-state index < -0.39 is 55.1 Å². The topological polar surface area (TPSA) is 88.9 Å². The fourth-order valence-corrected chi connectivity index (χ4v) is 4.58. The number of ketones is 1. The highest BCUT2D eigenvalue weighted by Gasteiger charge is 2.56. The van der Waals surface area contributed by atoms with Crippen LogP contribution in [0.3, 0.4) is 0 Å². The van der Waals surface area contributed by atoms with Crippen molar-refractivity contribution < 1.29 is 37.1 Å². The van der Waals surface area contributed by atoms with Crippen LogP contribution >= 0.6 is 0 Å². The van der Waals surface area contributed by atoms with E-state index in [-0.39, 0.29) is 17.0 Å². The highest BCUT2D eigenvalue weighted by Crippen LogP contribution is 2.39. The summed E-state index contributed by atoms with van der Waals surface area (Å²) in [6.07, 6.45) is -0.785. The van der Waals surface area contributed by atoms with Crippen LogP contribution in [0.15, 0.2) is 6.07 Å². The number of nitrogens with zero attached hydrogens (tertiary/aromatic N) is 3. The summed E-state index contributed by atoms with van der Waals surface area (Å²) >= 11 is 0. The maximum atomic E-state index is 12.9. The van der Waals surface area contributed by atoms with Crippen molar-refractivity contribution in [3.8, 4) is 0 Å². The van der Waals surface area contributed by atoms with Crippen LogP contribution in [0, 0.1) is 13.8 Å². The van der Waals surface area contributed by atoms with E-state index in [9.17, 15) is 32.3 Å². The van der Waals surface area contributed by atoms with Crippen LogP contribution in [-0.2, 0) is 20.9 Å². The minimum Gasteiger partial charge on any atom is -0.456 e.